The van der Waals surface area contributed by atoms with Crippen molar-refractivity contribution in [1.29, 1.82) is 0 Å². The number of nitrogens with zero attached hydrogens (tertiary/aromatic N) is 2. The lowest BCUT2D eigenvalue weighted by molar-refractivity contribution is 0.00337. The number of hydrogen-bond acceptors (Lipinski definition) is 5. The van der Waals surface area contributed by atoms with Gasteiger partial charge in [-0.25, -0.2) is 4.98 Å². The van der Waals surface area contributed by atoms with Gasteiger partial charge in [-0.15, -0.1) is 0 Å². The van der Waals surface area contributed by atoms with Crippen LogP contribution in [0.25, 0.3) is 0 Å². The van der Waals surface area contributed by atoms with E-state index in [4.69, 9.17) is 27.9 Å². The second-order valence-corrected chi connectivity index (χ2v) is 5.49. The van der Waals surface area contributed by atoms with Gasteiger partial charge in [0.25, 0.3) is 0 Å². The number of nitrogens with one attached hydrogen (secondary N) is 1. The Bertz CT molecular complexity index is 459. The number of halogens is 2. The van der Waals surface area contributed by atoms with E-state index in [-0.39, 0.29) is 12.7 Å². The van der Waals surface area contributed by atoms with Gasteiger partial charge in [0.05, 0.1) is 29.4 Å². The molecule has 2 rings (SSSR count). The molecule has 0 bridgehead atoms. The maximum absolute atomic E-state index is 9.20. The first-order valence-electron chi connectivity index (χ1n) is 6.73. The summed E-state index contributed by atoms with van der Waals surface area (Å²) in [4.78, 5) is 6.53. The van der Waals surface area contributed by atoms with Gasteiger partial charge in [-0.1, -0.05) is 30.1 Å². The van der Waals surface area contributed by atoms with Crippen LogP contribution >= 0.6 is 23.2 Å². The molecule has 1 atom stereocenters. The number of ether oxygens (including phenoxy) is 1. The molecule has 5 nitrogen and oxygen atoms in total. The molecular formula is C13H19Cl2N3O2. The highest BCUT2D eigenvalue weighted by Crippen LogP contribution is 2.32. The number of aliphatic hydroxyl groups is 1. The van der Waals surface area contributed by atoms with Gasteiger partial charge in [0, 0.05) is 19.6 Å². The predicted molar refractivity (Wildman–Crippen MR) is 82.1 cm³/mol. The summed E-state index contributed by atoms with van der Waals surface area (Å²) in [5.41, 5.74) is 0. The Balaban J connectivity index is 2.21. The average Bonchev–Trinajstić information content (AvgIpc) is 2.46. The molecule has 1 unspecified atom stereocenters. The first kappa shape index (κ1) is 15.6. The molecule has 1 aliphatic heterocycles. The van der Waals surface area contributed by atoms with Crippen molar-refractivity contribution >= 4 is 34.8 Å². The van der Waals surface area contributed by atoms with E-state index < -0.39 is 0 Å². The topological polar surface area (TPSA) is 57.6 Å². The van der Waals surface area contributed by atoms with Crippen LogP contribution in [0.2, 0.25) is 10.0 Å². The van der Waals surface area contributed by atoms with Gasteiger partial charge in [-0.2, -0.15) is 0 Å². The minimum absolute atomic E-state index is 0.0113. The fourth-order valence-electron chi connectivity index (χ4n) is 2.07. The van der Waals surface area contributed by atoms with Gasteiger partial charge in [0.1, 0.15) is 11.6 Å². The molecule has 20 heavy (non-hydrogen) atoms. The molecule has 2 heterocycles. The summed E-state index contributed by atoms with van der Waals surface area (Å²) in [6.45, 7) is 4.67. The van der Waals surface area contributed by atoms with Gasteiger partial charge in [-0.05, 0) is 12.5 Å². The Morgan fingerprint density at radius 1 is 1.50 bits per heavy atom. The third-order valence-corrected chi connectivity index (χ3v) is 3.66. The molecule has 2 N–H and O–H groups in total. The Morgan fingerprint density at radius 3 is 3.00 bits per heavy atom. The Morgan fingerprint density at radius 2 is 2.30 bits per heavy atom. The highest BCUT2D eigenvalue weighted by molar-refractivity contribution is 6.37. The van der Waals surface area contributed by atoms with E-state index in [0.29, 0.717) is 41.4 Å². The van der Waals surface area contributed by atoms with Crippen molar-refractivity contribution in [3.05, 3.63) is 16.1 Å². The third kappa shape index (κ3) is 3.67. The minimum Gasteiger partial charge on any atom is -0.394 e. The van der Waals surface area contributed by atoms with Crippen molar-refractivity contribution in [3.63, 3.8) is 0 Å². The largest absolute Gasteiger partial charge is 0.394 e. The molecular weight excluding hydrogens is 301 g/mol. The molecule has 0 radical (unpaired) electrons. The maximum atomic E-state index is 9.20. The number of pyridine rings is 1. The second kappa shape index (κ2) is 7.31. The number of anilines is 2. The standard InChI is InChI=1S/C13H19Cl2N3O2/c1-2-3-16-12-10(14)6-11(15)13(17-12)18-4-5-20-9(7-18)8-19/h6,9,19H,2-5,7-8H2,1H3,(H,16,17). The normalized spacial score (nSPS) is 19.2. The third-order valence-electron chi connectivity index (χ3n) is 3.10. The molecule has 0 aliphatic carbocycles. The van der Waals surface area contributed by atoms with Crippen LogP contribution in [0.4, 0.5) is 11.6 Å². The zero-order chi connectivity index (χ0) is 14.5. The second-order valence-electron chi connectivity index (χ2n) is 4.67. The summed E-state index contributed by atoms with van der Waals surface area (Å²) in [5, 5.41) is 13.4. The first-order chi connectivity index (χ1) is 9.65. The summed E-state index contributed by atoms with van der Waals surface area (Å²) in [6.07, 6.45) is 0.782. The van der Waals surface area contributed by atoms with E-state index in [1.165, 1.54) is 0 Å². The van der Waals surface area contributed by atoms with Gasteiger partial charge in [0.15, 0.2) is 0 Å². The van der Waals surface area contributed by atoms with Crippen LogP contribution in [0.5, 0.6) is 0 Å². The van der Waals surface area contributed by atoms with Crippen molar-refractivity contribution in [3.8, 4) is 0 Å². The first-order valence-corrected chi connectivity index (χ1v) is 7.48. The van der Waals surface area contributed by atoms with Gasteiger partial charge in [-0.3, -0.25) is 0 Å². The molecule has 0 aromatic carbocycles. The van der Waals surface area contributed by atoms with Crippen LogP contribution < -0.4 is 10.2 Å². The molecule has 0 amide bonds. The van der Waals surface area contributed by atoms with Crippen LogP contribution in [0.15, 0.2) is 6.07 Å². The summed E-state index contributed by atoms with van der Waals surface area (Å²) >= 11 is 12.4. The zero-order valence-corrected chi connectivity index (χ0v) is 12.9. The van der Waals surface area contributed by atoms with Crippen molar-refractivity contribution < 1.29 is 9.84 Å². The number of aliphatic hydroxyl groups excluding tert-OH is 1. The lowest BCUT2D eigenvalue weighted by Crippen LogP contribution is -2.44. The Labute approximate surface area is 128 Å². The van der Waals surface area contributed by atoms with E-state index in [2.05, 4.69) is 17.2 Å². The molecule has 1 aromatic rings. The van der Waals surface area contributed by atoms with E-state index in [0.717, 1.165) is 13.0 Å². The van der Waals surface area contributed by atoms with Crippen LogP contribution in [0, 0.1) is 0 Å². The zero-order valence-electron chi connectivity index (χ0n) is 11.4. The van der Waals surface area contributed by atoms with Crippen molar-refractivity contribution in [2.45, 2.75) is 19.4 Å². The average molecular weight is 320 g/mol. The van der Waals surface area contributed by atoms with E-state index in [1.54, 1.807) is 6.07 Å². The van der Waals surface area contributed by atoms with Crippen molar-refractivity contribution in [2.75, 3.05) is 43.1 Å². The van der Waals surface area contributed by atoms with E-state index >= 15 is 0 Å². The van der Waals surface area contributed by atoms with Gasteiger partial charge >= 0.3 is 0 Å². The van der Waals surface area contributed by atoms with Crippen LogP contribution in [-0.2, 0) is 4.74 Å². The van der Waals surface area contributed by atoms with E-state index in [9.17, 15) is 5.11 Å². The molecule has 1 saturated heterocycles. The highest BCUT2D eigenvalue weighted by atomic mass is 35.5. The van der Waals surface area contributed by atoms with Crippen LogP contribution in [0.1, 0.15) is 13.3 Å². The lowest BCUT2D eigenvalue weighted by atomic mass is 10.2. The maximum Gasteiger partial charge on any atom is 0.150 e. The van der Waals surface area contributed by atoms with Crippen molar-refractivity contribution in [1.82, 2.24) is 4.98 Å². The monoisotopic (exact) mass is 319 g/mol. The minimum atomic E-state index is -0.204. The smallest absolute Gasteiger partial charge is 0.150 e. The van der Waals surface area contributed by atoms with E-state index in [1.807, 2.05) is 4.90 Å². The van der Waals surface area contributed by atoms with Crippen LogP contribution in [0.3, 0.4) is 0 Å². The molecule has 0 spiro atoms. The Kier molecular flexibility index (Phi) is 5.72. The number of rotatable bonds is 5. The summed E-state index contributed by atoms with van der Waals surface area (Å²) < 4.78 is 5.43. The molecule has 1 aliphatic rings. The van der Waals surface area contributed by atoms with Crippen molar-refractivity contribution in [2.24, 2.45) is 0 Å². The number of aromatic nitrogens is 1. The fraction of sp³-hybridized carbons (Fsp3) is 0.615. The molecule has 1 fully saturated rings. The van der Waals surface area contributed by atoms with Gasteiger partial charge < -0.3 is 20.1 Å². The summed E-state index contributed by atoms with van der Waals surface area (Å²) in [7, 11) is 0. The Hall–Kier alpha value is -0.750. The summed E-state index contributed by atoms with van der Waals surface area (Å²) in [6, 6.07) is 1.70. The number of hydrogen-bond donors (Lipinski definition) is 2. The fourth-order valence-corrected chi connectivity index (χ4v) is 2.61. The quantitative estimate of drug-likeness (QED) is 0.872. The molecule has 112 valence electrons. The SMILES string of the molecule is CCCNc1nc(N2CCOC(CO)C2)c(Cl)cc1Cl. The predicted octanol–water partition coefficient (Wildman–Crippen LogP) is 2.41. The highest BCUT2D eigenvalue weighted by Gasteiger charge is 2.23. The molecule has 0 saturated carbocycles. The molecule has 1 aromatic heterocycles. The summed E-state index contributed by atoms with van der Waals surface area (Å²) in [5.74, 6) is 1.32. The lowest BCUT2D eigenvalue weighted by Gasteiger charge is -2.33. The van der Waals surface area contributed by atoms with Gasteiger partial charge in [0.2, 0.25) is 0 Å². The van der Waals surface area contributed by atoms with Crippen LogP contribution in [-0.4, -0.2) is 49.0 Å². The number of morpholine rings is 1. The molecule has 7 heteroatoms.